The number of nitrogens with zero attached hydrogens (tertiary/aromatic N) is 3. The number of nitrogens with one attached hydrogen (secondary N) is 1. The van der Waals surface area contributed by atoms with Crippen molar-refractivity contribution in [2.45, 2.75) is 51.0 Å². The van der Waals surface area contributed by atoms with Gasteiger partial charge in [-0.1, -0.05) is 11.6 Å². The first-order chi connectivity index (χ1) is 17.2. The minimum atomic E-state index is 0.364. The molecule has 0 unspecified atom stereocenters. The van der Waals surface area contributed by atoms with Crippen molar-refractivity contribution in [1.82, 2.24) is 9.97 Å². The number of aromatic nitrogens is 2. The predicted molar refractivity (Wildman–Crippen MR) is 141 cm³/mol. The second kappa shape index (κ2) is 11.9. The Morgan fingerprint density at radius 1 is 0.914 bits per heavy atom. The summed E-state index contributed by atoms with van der Waals surface area (Å²) in [4.78, 5) is 11.9. The summed E-state index contributed by atoms with van der Waals surface area (Å²) in [5.41, 5.74) is 10.3. The van der Waals surface area contributed by atoms with Crippen LogP contribution in [0.25, 0.3) is 11.1 Å². The van der Waals surface area contributed by atoms with Crippen molar-refractivity contribution in [1.29, 1.82) is 0 Å². The van der Waals surface area contributed by atoms with E-state index in [9.17, 15) is 0 Å². The van der Waals surface area contributed by atoms with E-state index in [0.717, 1.165) is 106 Å². The van der Waals surface area contributed by atoms with Gasteiger partial charge in [-0.3, -0.25) is 4.98 Å². The highest BCUT2D eigenvalue weighted by Gasteiger charge is 2.22. The molecule has 1 aliphatic carbocycles. The number of nitrogens with two attached hydrogens (primary N) is 1. The maximum atomic E-state index is 6.66. The van der Waals surface area contributed by atoms with E-state index < -0.39 is 0 Å². The molecule has 7 nitrogen and oxygen atoms in total. The number of hydrogen-bond donors (Lipinski definition) is 2. The second-order valence-electron chi connectivity index (χ2n) is 10.3. The SMILES string of the molecule is NC1CCC(Cc2cc(-c3cnc(N4CCOCC4)c(NCC4CCOCC4)c3)c(Cl)cn2)CC1. The van der Waals surface area contributed by atoms with Crippen LogP contribution in [0.1, 0.15) is 44.2 Å². The lowest BCUT2D eigenvalue weighted by molar-refractivity contribution is 0.0699. The summed E-state index contributed by atoms with van der Waals surface area (Å²) in [6, 6.07) is 4.73. The molecule has 4 heterocycles. The van der Waals surface area contributed by atoms with Crippen molar-refractivity contribution < 1.29 is 9.47 Å². The van der Waals surface area contributed by atoms with Gasteiger partial charge in [0, 0.05) is 68.1 Å². The Labute approximate surface area is 213 Å². The molecule has 0 atom stereocenters. The first kappa shape index (κ1) is 24.8. The zero-order valence-electron chi connectivity index (χ0n) is 20.6. The van der Waals surface area contributed by atoms with Gasteiger partial charge in [-0.15, -0.1) is 0 Å². The smallest absolute Gasteiger partial charge is 0.152 e. The van der Waals surface area contributed by atoms with E-state index in [-0.39, 0.29) is 0 Å². The first-order valence-corrected chi connectivity index (χ1v) is 13.6. The first-order valence-electron chi connectivity index (χ1n) is 13.2. The van der Waals surface area contributed by atoms with Crippen molar-refractivity contribution >= 4 is 23.1 Å². The quantitative estimate of drug-likeness (QED) is 0.578. The van der Waals surface area contributed by atoms with Crippen LogP contribution in [0.3, 0.4) is 0 Å². The van der Waals surface area contributed by atoms with E-state index in [4.69, 9.17) is 31.8 Å². The average Bonchev–Trinajstić information content (AvgIpc) is 2.91. The molecule has 0 amide bonds. The number of ether oxygens (including phenoxy) is 2. The largest absolute Gasteiger partial charge is 0.382 e. The Balaban J connectivity index is 1.38. The molecule has 3 aliphatic rings. The van der Waals surface area contributed by atoms with Crippen LogP contribution in [0.15, 0.2) is 24.5 Å². The summed E-state index contributed by atoms with van der Waals surface area (Å²) in [5.74, 6) is 2.26. The van der Waals surface area contributed by atoms with Crippen molar-refractivity contribution in [2.75, 3.05) is 56.3 Å². The van der Waals surface area contributed by atoms with Gasteiger partial charge in [0.05, 0.1) is 23.9 Å². The highest BCUT2D eigenvalue weighted by Crippen LogP contribution is 2.35. The molecule has 0 aromatic carbocycles. The van der Waals surface area contributed by atoms with Gasteiger partial charge in [0.25, 0.3) is 0 Å². The Hall–Kier alpha value is -1.93. The summed E-state index contributed by atoms with van der Waals surface area (Å²) in [5, 5.41) is 4.39. The number of anilines is 2. The highest BCUT2D eigenvalue weighted by atomic mass is 35.5. The standard InChI is InChI=1S/C27H38ClN5O2/c28-25-18-30-23(13-19-1-3-22(29)4-2-19)15-24(25)21-14-26(31-16-20-5-9-34-10-6-20)27(32-17-21)33-7-11-35-12-8-33/h14-15,17-20,22,31H,1-13,16,29H2. The van der Waals surface area contributed by atoms with Crippen LogP contribution in [-0.2, 0) is 15.9 Å². The van der Waals surface area contributed by atoms with Crippen LogP contribution in [0, 0.1) is 11.8 Å². The molecular weight excluding hydrogens is 462 g/mol. The number of hydrogen-bond acceptors (Lipinski definition) is 7. The summed E-state index contributed by atoms with van der Waals surface area (Å²) in [7, 11) is 0. The van der Waals surface area contributed by atoms with Gasteiger partial charge in [0.15, 0.2) is 5.82 Å². The lowest BCUT2D eigenvalue weighted by atomic mass is 9.83. The van der Waals surface area contributed by atoms with E-state index in [2.05, 4.69) is 27.3 Å². The predicted octanol–water partition coefficient (Wildman–Crippen LogP) is 4.53. The number of morpholine rings is 1. The Morgan fingerprint density at radius 3 is 2.43 bits per heavy atom. The molecule has 2 aromatic heterocycles. The van der Waals surface area contributed by atoms with Gasteiger partial charge < -0.3 is 25.4 Å². The minimum Gasteiger partial charge on any atom is -0.382 e. The monoisotopic (exact) mass is 499 g/mol. The molecule has 2 aromatic rings. The van der Waals surface area contributed by atoms with Gasteiger partial charge >= 0.3 is 0 Å². The van der Waals surface area contributed by atoms with E-state index >= 15 is 0 Å². The number of rotatable bonds is 7. The van der Waals surface area contributed by atoms with Crippen LogP contribution in [0.2, 0.25) is 5.02 Å². The molecule has 2 saturated heterocycles. The molecular formula is C27H38ClN5O2. The maximum Gasteiger partial charge on any atom is 0.152 e. The van der Waals surface area contributed by atoms with Gasteiger partial charge in [0.2, 0.25) is 0 Å². The van der Waals surface area contributed by atoms with E-state index in [0.29, 0.717) is 22.9 Å². The lowest BCUT2D eigenvalue weighted by Crippen LogP contribution is -2.37. The minimum absolute atomic E-state index is 0.364. The topological polar surface area (TPSA) is 85.5 Å². The van der Waals surface area contributed by atoms with E-state index in [1.807, 2.05) is 6.20 Å². The average molecular weight is 500 g/mol. The molecule has 0 radical (unpaired) electrons. The van der Waals surface area contributed by atoms with Crippen molar-refractivity contribution in [2.24, 2.45) is 17.6 Å². The molecule has 0 bridgehead atoms. The molecule has 3 fully saturated rings. The van der Waals surface area contributed by atoms with Crippen LogP contribution in [0.5, 0.6) is 0 Å². The van der Waals surface area contributed by atoms with Gasteiger partial charge in [-0.05, 0) is 68.9 Å². The van der Waals surface area contributed by atoms with Crippen molar-refractivity contribution in [3.63, 3.8) is 0 Å². The Morgan fingerprint density at radius 2 is 1.66 bits per heavy atom. The molecule has 2 aliphatic heterocycles. The summed E-state index contributed by atoms with van der Waals surface area (Å²) in [6.45, 7) is 5.79. The van der Waals surface area contributed by atoms with Crippen LogP contribution in [-0.4, -0.2) is 62.1 Å². The fourth-order valence-electron chi connectivity index (χ4n) is 5.47. The summed E-state index contributed by atoms with van der Waals surface area (Å²) in [6.07, 6.45) is 11.5. The number of halogens is 1. The normalized spacial score (nSPS) is 23.9. The fraction of sp³-hybridized carbons (Fsp3) is 0.630. The summed E-state index contributed by atoms with van der Waals surface area (Å²) < 4.78 is 11.1. The van der Waals surface area contributed by atoms with Gasteiger partial charge in [-0.2, -0.15) is 0 Å². The molecule has 35 heavy (non-hydrogen) atoms. The maximum absolute atomic E-state index is 6.66. The Kier molecular flexibility index (Phi) is 8.39. The van der Waals surface area contributed by atoms with E-state index in [1.54, 1.807) is 6.20 Å². The van der Waals surface area contributed by atoms with Crippen LogP contribution >= 0.6 is 11.6 Å². The third-order valence-corrected chi connectivity index (χ3v) is 8.01. The van der Waals surface area contributed by atoms with Gasteiger partial charge in [-0.25, -0.2) is 4.98 Å². The fourth-order valence-corrected chi connectivity index (χ4v) is 5.68. The molecule has 190 valence electrons. The van der Waals surface area contributed by atoms with Crippen molar-refractivity contribution in [3.05, 3.63) is 35.2 Å². The van der Waals surface area contributed by atoms with Crippen LogP contribution < -0.4 is 16.0 Å². The van der Waals surface area contributed by atoms with Crippen molar-refractivity contribution in [3.8, 4) is 11.1 Å². The third-order valence-electron chi connectivity index (χ3n) is 7.71. The van der Waals surface area contributed by atoms with E-state index in [1.165, 1.54) is 12.8 Å². The Bertz CT molecular complexity index is 970. The zero-order valence-corrected chi connectivity index (χ0v) is 21.3. The lowest BCUT2D eigenvalue weighted by Gasteiger charge is -2.30. The molecule has 1 saturated carbocycles. The third kappa shape index (κ3) is 6.45. The molecule has 0 spiro atoms. The van der Waals surface area contributed by atoms with Gasteiger partial charge in [0.1, 0.15) is 0 Å². The summed E-state index contributed by atoms with van der Waals surface area (Å²) >= 11 is 6.66. The number of pyridine rings is 2. The van der Waals surface area contributed by atoms with Crippen LogP contribution in [0.4, 0.5) is 11.5 Å². The highest BCUT2D eigenvalue weighted by molar-refractivity contribution is 6.33. The molecule has 5 rings (SSSR count). The zero-order chi connectivity index (χ0) is 24.0. The molecule has 3 N–H and O–H groups in total. The second-order valence-corrected chi connectivity index (χ2v) is 10.7. The molecule has 8 heteroatoms.